The number of anilines is 2. The molecule has 258 valence electrons. The van der Waals surface area contributed by atoms with Gasteiger partial charge in [0.25, 0.3) is 15.9 Å². The number of carbonyl (C=O) groups is 1. The zero-order valence-corrected chi connectivity index (χ0v) is 29.9. The van der Waals surface area contributed by atoms with Crippen LogP contribution in [0, 0.1) is 19.3 Å². The van der Waals surface area contributed by atoms with Crippen molar-refractivity contribution in [1.82, 2.24) is 24.8 Å². The molecule has 4 bridgehead atoms. The second kappa shape index (κ2) is 13.7. The average Bonchev–Trinajstić information content (AvgIpc) is 3.59. The molecule has 2 aromatic carbocycles. The lowest BCUT2D eigenvalue weighted by atomic mass is 9.87. The number of nitrogens with zero attached hydrogens (tertiary/aromatic N) is 6. The number of hydrogen-bond donors (Lipinski definition) is 1. The normalized spacial score (nSPS) is 18.1. The van der Waals surface area contributed by atoms with Crippen LogP contribution in [0.3, 0.4) is 0 Å². The molecule has 2 aliphatic rings. The Hall–Kier alpha value is -4.58. The Balaban J connectivity index is 1.45. The first kappa shape index (κ1) is 34.3. The Morgan fingerprint density at radius 2 is 1.69 bits per heavy atom. The van der Waals surface area contributed by atoms with E-state index in [-0.39, 0.29) is 46.8 Å². The molecule has 0 unspecified atom stereocenters. The molecule has 4 aromatic rings. The summed E-state index contributed by atoms with van der Waals surface area (Å²) in [7, 11) is -2.11. The Kier molecular flexibility index (Phi) is 9.61. The minimum Gasteiger partial charge on any atom is -0.475 e. The quantitative estimate of drug-likeness (QED) is 0.240. The molecule has 11 nitrogen and oxygen atoms in total. The maximum absolute atomic E-state index is 14.5. The molecule has 1 aliphatic heterocycles. The van der Waals surface area contributed by atoms with Gasteiger partial charge in [0.15, 0.2) is 0 Å². The molecule has 2 aromatic heterocycles. The molecule has 49 heavy (non-hydrogen) atoms. The first-order valence-corrected chi connectivity index (χ1v) is 18.3. The molecular formula is C37H45N7O4S. The van der Waals surface area contributed by atoms with E-state index in [1.54, 1.807) is 29.3 Å². The van der Waals surface area contributed by atoms with Crippen LogP contribution >= 0.6 is 0 Å². The highest BCUT2D eigenvalue weighted by molar-refractivity contribution is 7.92. The summed E-state index contributed by atoms with van der Waals surface area (Å²) in [5.74, 6) is 1.03. The molecule has 0 spiro atoms. The van der Waals surface area contributed by atoms with Gasteiger partial charge in [-0.15, -0.1) is 0 Å². The molecular weight excluding hydrogens is 639 g/mol. The third-order valence-corrected chi connectivity index (χ3v) is 10.6. The molecule has 0 saturated heterocycles. The second-order valence-electron chi connectivity index (χ2n) is 14.4. The first-order valence-electron chi connectivity index (χ1n) is 16.8. The van der Waals surface area contributed by atoms with Crippen molar-refractivity contribution in [3.63, 3.8) is 0 Å². The van der Waals surface area contributed by atoms with E-state index in [0.29, 0.717) is 24.0 Å². The number of rotatable bonds is 6. The van der Waals surface area contributed by atoms with Gasteiger partial charge in [-0.2, -0.15) is 4.98 Å². The molecule has 0 radical (unpaired) electrons. The maximum atomic E-state index is 14.5. The van der Waals surface area contributed by atoms with Crippen molar-refractivity contribution in [1.29, 1.82) is 0 Å². The van der Waals surface area contributed by atoms with Crippen molar-refractivity contribution in [2.24, 2.45) is 5.41 Å². The molecule has 1 fully saturated rings. The third kappa shape index (κ3) is 7.85. The predicted molar refractivity (Wildman–Crippen MR) is 190 cm³/mol. The maximum Gasteiger partial charge on any atom is 0.264 e. The number of hydrogen-bond acceptors (Lipinski definition) is 9. The summed E-state index contributed by atoms with van der Waals surface area (Å²) in [4.78, 5) is 37.0. The van der Waals surface area contributed by atoms with Crippen LogP contribution in [-0.4, -0.2) is 64.9 Å². The molecule has 3 heterocycles. The van der Waals surface area contributed by atoms with Crippen molar-refractivity contribution in [2.45, 2.75) is 90.2 Å². The highest BCUT2D eigenvalue weighted by atomic mass is 32.2. The predicted octanol–water partition coefficient (Wildman–Crippen LogP) is 6.57. The summed E-state index contributed by atoms with van der Waals surface area (Å²) in [6.07, 6.45) is 6.96. The van der Waals surface area contributed by atoms with Crippen LogP contribution < -0.4 is 14.4 Å². The molecule has 1 amide bonds. The minimum atomic E-state index is -4.17. The van der Waals surface area contributed by atoms with E-state index >= 15 is 0 Å². The standard InChI is InChI=1S/C37H45N7O4S/c1-24-11-9-12-25(2)34(24)30-20-33-41-36(39-30)42-49(46,47)29-16-10-13-26(19-29)35(45)44(28(23-48-33)21-37(3,4)5)22-31-38-18-17-32(40-31)43(6)27-14-7-8-15-27/h9-13,16-20,27-28H,7-8,14-15,21-23H2,1-6H3,(H,39,41,42)/t28-/m1/s1. The lowest BCUT2D eigenvalue weighted by Gasteiger charge is -2.35. The monoisotopic (exact) mass is 683 g/mol. The largest absolute Gasteiger partial charge is 0.475 e. The number of sulfonamides is 1. The lowest BCUT2D eigenvalue weighted by Crippen LogP contribution is -2.45. The number of aromatic nitrogens is 4. The van der Waals surface area contributed by atoms with Gasteiger partial charge in [-0.25, -0.2) is 28.1 Å². The first-order chi connectivity index (χ1) is 23.3. The van der Waals surface area contributed by atoms with Gasteiger partial charge in [-0.1, -0.05) is 57.9 Å². The van der Waals surface area contributed by atoms with E-state index in [9.17, 15) is 13.2 Å². The van der Waals surface area contributed by atoms with E-state index in [0.717, 1.165) is 35.3 Å². The van der Waals surface area contributed by atoms with Gasteiger partial charge >= 0.3 is 0 Å². The number of nitrogens with one attached hydrogen (secondary N) is 1. The number of amides is 1. The molecule has 1 aliphatic carbocycles. The van der Waals surface area contributed by atoms with Crippen LogP contribution in [0.25, 0.3) is 11.3 Å². The van der Waals surface area contributed by atoms with Gasteiger partial charge in [0.05, 0.1) is 23.2 Å². The molecule has 6 rings (SSSR count). The van der Waals surface area contributed by atoms with Gasteiger partial charge < -0.3 is 14.5 Å². The van der Waals surface area contributed by atoms with Crippen molar-refractivity contribution >= 4 is 27.7 Å². The zero-order valence-electron chi connectivity index (χ0n) is 29.1. The average molecular weight is 684 g/mol. The van der Waals surface area contributed by atoms with Crippen LogP contribution in [0.5, 0.6) is 5.88 Å². The van der Waals surface area contributed by atoms with Gasteiger partial charge in [0.1, 0.15) is 18.2 Å². The number of fused-ring (bicyclic) bond motifs is 4. The van der Waals surface area contributed by atoms with Crippen molar-refractivity contribution in [3.8, 4) is 17.1 Å². The summed E-state index contributed by atoms with van der Waals surface area (Å²) in [6.45, 7) is 10.5. The highest BCUT2D eigenvalue weighted by Gasteiger charge is 2.32. The molecule has 12 heteroatoms. The van der Waals surface area contributed by atoms with Crippen LogP contribution in [0.1, 0.15) is 80.2 Å². The lowest BCUT2D eigenvalue weighted by molar-refractivity contribution is 0.0505. The topological polar surface area (TPSA) is 131 Å². The highest BCUT2D eigenvalue weighted by Crippen LogP contribution is 2.32. The number of benzene rings is 2. The van der Waals surface area contributed by atoms with E-state index in [4.69, 9.17) is 9.72 Å². The van der Waals surface area contributed by atoms with Crippen molar-refractivity contribution in [2.75, 3.05) is 23.3 Å². The number of ether oxygens (including phenoxy) is 1. The summed E-state index contributed by atoms with van der Waals surface area (Å²) < 4.78 is 36.4. The van der Waals surface area contributed by atoms with E-state index in [1.165, 1.54) is 25.0 Å². The van der Waals surface area contributed by atoms with Gasteiger partial charge in [-0.05, 0) is 73.9 Å². The smallest absolute Gasteiger partial charge is 0.264 e. The Bertz CT molecular complexity index is 1930. The van der Waals surface area contributed by atoms with Crippen LogP contribution in [0.4, 0.5) is 11.8 Å². The number of aryl methyl sites for hydroxylation is 2. The van der Waals surface area contributed by atoms with Crippen molar-refractivity contribution < 1.29 is 17.9 Å². The van der Waals surface area contributed by atoms with E-state index in [1.807, 2.05) is 38.1 Å². The molecule has 1 saturated carbocycles. The fourth-order valence-electron chi connectivity index (χ4n) is 6.84. The van der Waals surface area contributed by atoms with E-state index < -0.39 is 16.1 Å². The van der Waals surface area contributed by atoms with Gasteiger partial charge in [0, 0.05) is 36.5 Å². The van der Waals surface area contributed by atoms with Gasteiger partial charge in [-0.3, -0.25) is 4.79 Å². The minimum absolute atomic E-state index is 0.0788. The summed E-state index contributed by atoms with van der Waals surface area (Å²) in [5.41, 5.74) is 3.38. The molecule has 1 atom stereocenters. The summed E-state index contributed by atoms with van der Waals surface area (Å²) in [5, 5.41) is 0. The van der Waals surface area contributed by atoms with Gasteiger partial charge in [0.2, 0.25) is 11.8 Å². The third-order valence-electron chi connectivity index (χ3n) is 9.27. The molecule has 1 N–H and O–H groups in total. The Morgan fingerprint density at radius 3 is 2.41 bits per heavy atom. The Labute approximate surface area is 289 Å². The SMILES string of the molecule is Cc1cccc(C)c1-c1cc2nc(n1)NS(=O)(=O)c1cccc(c1)C(=O)N(Cc1nccc(N(C)C3CCCC3)n1)[C@H](CC(C)(C)C)CO2. The Morgan fingerprint density at radius 1 is 0.980 bits per heavy atom. The van der Waals surface area contributed by atoms with Crippen LogP contribution in [0.15, 0.2) is 65.7 Å². The van der Waals surface area contributed by atoms with Crippen molar-refractivity contribution in [3.05, 3.63) is 83.3 Å². The summed E-state index contributed by atoms with van der Waals surface area (Å²) >= 11 is 0. The second-order valence-corrected chi connectivity index (χ2v) is 16.0. The fourth-order valence-corrected chi connectivity index (χ4v) is 7.83. The van der Waals surface area contributed by atoms with E-state index in [2.05, 4.69) is 52.4 Å². The van der Waals surface area contributed by atoms with Crippen LogP contribution in [0.2, 0.25) is 0 Å². The number of carbonyl (C=O) groups excluding carboxylic acids is 1. The summed E-state index contributed by atoms with van der Waals surface area (Å²) in [6, 6.07) is 15.6. The zero-order chi connectivity index (χ0) is 34.9. The fraction of sp³-hybridized carbons (Fsp3) is 0.432. The van der Waals surface area contributed by atoms with Crippen LogP contribution in [-0.2, 0) is 16.6 Å².